The van der Waals surface area contributed by atoms with Crippen LogP contribution in [0.1, 0.15) is 25.0 Å². The van der Waals surface area contributed by atoms with Crippen molar-refractivity contribution in [2.45, 2.75) is 32.4 Å². The van der Waals surface area contributed by atoms with E-state index in [2.05, 4.69) is 42.7 Å². The predicted molar refractivity (Wildman–Crippen MR) is 71.4 cm³/mol. The second-order valence-electron chi connectivity index (χ2n) is 5.20. The van der Waals surface area contributed by atoms with E-state index in [0.717, 1.165) is 26.1 Å². The summed E-state index contributed by atoms with van der Waals surface area (Å²) in [6, 6.07) is 6.53. The Bertz CT molecular complexity index is 388. The fourth-order valence-electron chi connectivity index (χ4n) is 2.13. The van der Waals surface area contributed by atoms with Gasteiger partial charge in [0.2, 0.25) is 0 Å². The molecule has 0 atom stereocenters. The molecule has 1 heterocycles. The smallest absolute Gasteiger partial charge is 0.0746 e. The molecule has 0 aromatic heterocycles. The summed E-state index contributed by atoms with van der Waals surface area (Å²) in [5.74, 6) is 0. The molecule has 1 aromatic carbocycles. The van der Waals surface area contributed by atoms with Crippen LogP contribution in [0.2, 0.25) is 0 Å². The first-order chi connectivity index (χ1) is 8.12. The third-order valence-electron chi connectivity index (χ3n) is 3.35. The fourth-order valence-corrected chi connectivity index (χ4v) is 2.13. The van der Waals surface area contributed by atoms with Crippen molar-refractivity contribution >= 4 is 5.69 Å². The topological polar surface area (TPSA) is 33.3 Å². The highest BCUT2D eigenvalue weighted by molar-refractivity contribution is 5.61. The van der Waals surface area contributed by atoms with E-state index in [1.54, 1.807) is 7.11 Å². The van der Waals surface area contributed by atoms with Crippen molar-refractivity contribution in [2.24, 2.45) is 0 Å². The van der Waals surface area contributed by atoms with Crippen LogP contribution in [0.25, 0.3) is 0 Å². The van der Waals surface area contributed by atoms with E-state index in [0.29, 0.717) is 0 Å². The molecule has 0 saturated heterocycles. The van der Waals surface area contributed by atoms with Gasteiger partial charge in [0, 0.05) is 32.4 Å². The minimum atomic E-state index is -0.106. The molecule has 0 saturated carbocycles. The molecule has 94 valence electrons. The Kier molecular flexibility index (Phi) is 3.69. The second-order valence-corrected chi connectivity index (χ2v) is 5.20. The minimum absolute atomic E-state index is 0.106. The number of methoxy groups -OCH3 is 1. The number of nitrogens with one attached hydrogen (secondary N) is 2. The van der Waals surface area contributed by atoms with Crippen LogP contribution in [0.3, 0.4) is 0 Å². The maximum Gasteiger partial charge on any atom is 0.0746 e. The zero-order chi connectivity index (χ0) is 12.3. The summed E-state index contributed by atoms with van der Waals surface area (Å²) < 4.78 is 5.39. The van der Waals surface area contributed by atoms with Gasteiger partial charge in [0.15, 0.2) is 0 Å². The van der Waals surface area contributed by atoms with Crippen LogP contribution in [0.15, 0.2) is 18.2 Å². The maximum atomic E-state index is 5.39. The molecule has 2 N–H and O–H groups in total. The third-order valence-corrected chi connectivity index (χ3v) is 3.35. The normalized spacial score (nSPS) is 14.5. The highest BCUT2D eigenvalue weighted by atomic mass is 16.5. The van der Waals surface area contributed by atoms with Crippen LogP contribution in [0.5, 0.6) is 0 Å². The first kappa shape index (κ1) is 12.4. The Morgan fingerprint density at radius 1 is 1.41 bits per heavy atom. The molecule has 0 radical (unpaired) electrons. The van der Waals surface area contributed by atoms with E-state index in [1.807, 2.05) is 0 Å². The molecule has 17 heavy (non-hydrogen) atoms. The van der Waals surface area contributed by atoms with Gasteiger partial charge in [-0.3, -0.25) is 0 Å². The first-order valence-corrected chi connectivity index (χ1v) is 6.23. The first-order valence-electron chi connectivity index (χ1n) is 6.23. The average Bonchev–Trinajstić information content (AvgIpc) is 2.78. The zero-order valence-corrected chi connectivity index (χ0v) is 11.0. The molecule has 0 fully saturated rings. The van der Waals surface area contributed by atoms with Crippen LogP contribution < -0.4 is 10.6 Å². The van der Waals surface area contributed by atoms with E-state index in [4.69, 9.17) is 4.74 Å². The Morgan fingerprint density at radius 3 is 3.00 bits per heavy atom. The summed E-state index contributed by atoms with van der Waals surface area (Å²) in [6.45, 7) is 6.99. The lowest BCUT2D eigenvalue weighted by Gasteiger charge is -2.23. The Balaban J connectivity index is 1.94. The van der Waals surface area contributed by atoms with Crippen molar-refractivity contribution in [3.05, 3.63) is 29.3 Å². The van der Waals surface area contributed by atoms with Crippen molar-refractivity contribution in [3.8, 4) is 0 Å². The number of hydrogen-bond acceptors (Lipinski definition) is 3. The van der Waals surface area contributed by atoms with Crippen molar-refractivity contribution in [1.82, 2.24) is 5.32 Å². The molecule has 0 spiro atoms. The van der Waals surface area contributed by atoms with Crippen molar-refractivity contribution < 1.29 is 4.74 Å². The van der Waals surface area contributed by atoms with Crippen LogP contribution in [-0.2, 0) is 17.7 Å². The van der Waals surface area contributed by atoms with Gasteiger partial charge >= 0.3 is 0 Å². The van der Waals surface area contributed by atoms with Crippen molar-refractivity contribution in [1.29, 1.82) is 0 Å². The van der Waals surface area contributed by atoms with Crippen LogP contribution in [0, 0.1) is 0 Å². The molecule has 0 bridgehead atoms. The number of rotatable bonds is 5. The lowest BCUT2D eigenvalue weighted by molar-refractivity contribution is 0.0231. The quantitative estimate of drug-likeness (QED) is 0.819. The van der Waals surface area contributed by atoms with Gasteiger partial charge in [-0.2, -0.15) is 0 Å². The van der Waals surface area contributed by atoms with Crippen molar-refractivity contribution in [3.63, 3.8) is 0 Å². The molecule has 3 heteroatoms. The Hall–Kier alpha value is -1.06. The van der Waals surface area contributed by atoms with Crippen molar-refractivity contribution in [2.75, 3.05) is 25.5 Å². The van der Waals surface area contributed by atoms with Gasteiger partial charge in [-0.1, -0.05) is 18.2 Å². The molecule has 2 rings (SSSR count). The lowest BCUT2D eigenvalue weighted by Crippen LogP contribution is -2.36. The van der Waals surface area contributed by atoms with Gasteiger partial charge < -0.3 is 15.4 Å². The third kappa shape index (κ3) is 2.99. The van der Waals surface area contributed by atoms with Gasteiger partial charge in [0.05, 0.1) is 5.60 Å². The Labute approximate surface area is 104 Å². The van der Waals surface area contributed by atoms with Crippen LogP contribution in [-0.4, -0.2) is 25.8 Å². The maximum absolute atomic E-state index is 5.39. The number of para-hydroxylation sites is 1. The Morgan fingerprint density at radius 2 is 2.24 bits per heavy atom. The van der Waals surface area contributed by atoms with Gasteiger partial charge in [0.1, 0.15) is 0 Å². The van der Waals surface area contributed by atoms with Crippen LogP contribution >= 0.6 is 0 Å². The lowest BCUT2D eigenvalue weighted by atomic mass is 10.1. The highest BCUT2D eigenvalue weighted by Crippen LogP contribution is 2.26. The number of anilines is 1. The molecule has 1 aliphatic rings. The second kappa shape index (κ2) is 5.07. The number of benzene rings is 1. The summed E-state index contributed by atoms with van der Waals surface area (Å²) in [6.07, 6.45) is 1.15. The molecule has 0 unspecified atom stereocenters. The van der Waals surface area contributed by atoms with Gasteiger partial charge in [-0.15, -0.1) is 0 Å². The SMILES string of the molecule is COC(C)(C)CNCc1cccc2c1NCC2. The molecular weight excluding hydrogens is 212 g/mol. The van der Waals surface area contributed by atoms with E-state index in [9.17, 15) is 0 Å². The summed E-state index contributed by atoms with van der Waals surface area (Å²) >= 11 is 0. The molecule has 0 amide bonds. The largest absolute Gasteiger partial charge is 0.384 e. The monoisotopic (exact) mass is 234 g/mol. The molecule has 0 aliphatic carbocycles. The summed E-state index contributed by atoms with van der Waals surface area (Å²) in [4.78, 5) is 0. The number of hydrogen-bond donors (Lipinski definition) is 2. The summed E-state index contributed by atoms with van der Waals surface area (Å²) in [5, 5.41) is 6.92. The number of ether oxygens (including phenoxy) is 1. The van der Waals surface area contributed by atoms with Gasteiger partial charge in [-0.25, -0.2) is 0 Å². The minimum Gasteiger partial charge on any atom is -0.384 e. The van der Waals surface area contributed by atoms with E-state index >= 15 is 0 Å². The summed E-state index contributed by atoms with van der Waals surface area (Å²) in [5.41, 5.74) is 4.02. The standard InChI is InChI=1S/C14H22N2O/c1-14(2,17-3)10-15-9-12-6-4-5-11-7-8-16-13(11)12/h4-6,15-16H,7-10H2,1-3H3. The highest BCUT2D eigenvalue weighted by Gasteiger charge is 2.17. The molecule has 1 aromatic rings. The average molecular weight is 234 g/mol. The predicted octanol–water partition coefficient (Wildman–Crippen LogP) is 2.17. The van der Waals surface area contributed by atoms with Crippen LogP contribution in [0.4, 0.5) is 5.69 Å². The molecule has 1 aliphatic heterocycles. The van der Waals surface area contributed by atoms with E-state index in [1.165, 1.54) is 16.8 Å². The van der Waals surface area contributed by atoms with E-state index in [-0.39, 0.29) is 5.60 Å². The number of fused-ring (bicyclic) bond motifs is 1. The molecule has 3 nitrogen and oxygen atoms in total. The fraction of sp³-hybridized carbons (Fsp3) is 0.571. The summed E-state index contributed by atoms with van der Waals surface area (Å²) in [7, 11) is 1.75. The zero-order valence-electron chi connectivity index (χ0n) is 11.0. The van der Waals surface area contributed by atoms with Gasteiger partial charge in [0.25, 0.3) is 0 Å². The van der Waals surface area contributed by atoms with Gasteiger partial charge in [-0.05, 0) is 31.4 Å². The van der Waals surface area contributed by atoms with E-state index < -0.39 is 0 Å². The molecular formula is C14H22N2O.